The lowest BCUT2D eigenvalue weighted by atomic mass is 10.0. The summed E-state index contributed by atoms with van der Waals surface area (Å²) in [5.41, 5.74) is 4.67. The van der Waals surface area contributed by atoms with E-state index in [2.05, 4.69) is 67.8 Å². The summed E-state index contributed by atoms with van der Waals surface area (Å²) in [7, 11) is 0. The van der Waals surface area contributed by atoms with Crippen LogP contribution in [0, 0.1) is 0 Å². The molecular formula is C22H24N6O. The van der Waals surface area contributed by atoms with E-state index in [4.69, 9.17) is 9.72 Å². The Morgan fingerprint density at radius 1 is 0.897 bits per heavy atom. The molecule has 0 amide bonds. The Morgan fingerprint density at radius 3 is 2.59 bits per heavy atom. The molecule has 1 fully saturated rings. The van der Waals surface area contributed by atoms with Gasteiger partial charge >= 0.3 is 0 Å². The average molecular weight is 388 g/mol. The monoisotopic (exact) mass is 388 g/mol. The molecule has 29 heavy (non-hydrogen) atoms. The molecule has 2 aliphatic heterocycles. The lowest BCUT2D eigenvalue weighted by molar-refractivity contribution is 0.123. The van der Waals surface area contributed by atoms with Gasteiger partial charge in [0.2, 0.25) is 0 Å². The van der Waals surface area contributed by atoms with Crippen molar-refractivity contribution in [2.45, 2.75) is 12.8 Å². The van der Waals surface area contributed by atoms with Gasteiger partial charge in [-0.2, -0.15) is 10.1 Å². The van der Waals surface area contributed by atoms with Crippen LogP contribution in [0.4, 0.5) is 28.8 Å². The number of anilines is 5. The summed E-state index contributed by atoms with van der Waals surface area (Å²) in [4.78, 5) is 9.27. The van der Waals surface area contributed by atoms with E-state index in [9.17, 15) is 0 Å². The van der Waals surface area contributed by atoms with Crippen LogP contribution in [0.25, 0.3) is 0 Å². The zero-order valence-corrected chi connectivity index (χ0v) is 16.3. The van der Waals surface area contributed by atoms with Gasteiger partial charge in [-0.15, -0.1) is 5.10 Å². The van der Waals surface area contributed by atoms with E-state index in [1.807, 2.05) is 6.07 Å². The Hall–Kier alpha value is -3.19. The van der Waals surface area contributed by atoms with Crippen molar-refractivity contribution >= 4 is 28.8 Å². The average Bonchev–Trinajstić information content (AvgIpc) is 2.80. The number of morpholine rings is 1. The number of fused-ring (bicyclic) bond motifs is 1. The molecule has 2 aliphatic rings. The molecule has 0 saturated carbocycles. The second-order valence-electron chi connectivity index (χ2n) is 7.27. The van der Waals surface area contributed by atoms with E-state index in [-0.39, 0.29) is 0 Å². The highest BCUT2D eigenvalue weighted by molar-refractivity contribution is 5.74. The largest absolute Gasteiger partial charge is 0.378 e. The predicted molar refractivity (Wildman–Crippen MR) is 114 cm³/mol. The van der Waals surface area contributed by atoms with Gasteiger partial charge in [0.05, 0.1) is 30.8 Å². The molecule has 3 aromatic rings. The van der Waals surface area contributed by atoms with Crippen LogP contribution in [0.1, 0.15) is 12.0 Å². The van der Waals surface area contributed by atoms with Gasteiger partial charge < -0.3 is 19.9 Å². The smallest absolute Gasteiger partial charge is 0.251 e. The number of benzene rings is 2. The van der Waals surface area contributed by atoms with E-state index in [1.165, 1.54) is 11.3 Å². The Bertz CT molecular complexity index is 988. The summed E-state index contributed by atoms with van der Waals surface area (Å²) < 4.78 is 5.49. The third-order valence-corrected chi connectivity index (χ3v) is 5.42. The molecule has 0 aliphatic carbocycles. The van der Waals surface area contributed by atoms with Crippen molar-refractivity contribution in [2.24, 2.45) is 0 Å². The number of aromatic nitrogens is 3. The minimum Gasteiger partial charge on any atom is -0.378 e. The maximum Gasteiger partial charge on any atom is 0.251 e. The van der Waals surface area contributed by atoms with Gasteiger partial charge in [-0.1, -0.05) is 30.3 Å². The molecule has 1 saturated heterocycles. The van der Waals surface area contributed by atoms with Gasteiger partial charge in [0.1, 0.15) is 0 Å². The highest BCUT2D eigenvalue weighted by Gasteiger charge is 2.21. The van der Waals surface area contributed by atoms with Crippen LogP contribution < -0.4 is 15.1 Å². The van der Waals surface area contributed by atoms with Gasteiger partial charge in [-0.3, -0.25) is 0 Å². The van der Waals surface area contributed by atoms with Crippen molar-refractivity contribution in [3.63, 3.8) is 0 Å². The summed E-state index contributed by atoms with van der Waals surface area (Å²) in [6.45, 7) is 4.17. The number of ether oxygens (including phenoxy) is 1. The first-order valence-electron chi connectivity index (χ1n) is 10.1. The molecule has 7 heteroatoms. The van der Waals surface area contributed by atoms with Gasteiger partial charge in [-0.25, -0.2) is 0 Å². The number of nitrogens with one attached hydrogen (secondary N) is 1. The SMILES string of the molecule is c1ccc2c(c1)CCCN2c1nncc(Nc2ccccc2N2CCOCC2)n1. The second-order valence-corrected chi connectivity index (χ2v) is 7.27. The van der Waals surface area contributed by atoms with Crippen LogP contribution in [0.5, 0.6) is 0 Å². The van der Waals surface area contributed by atoms with Gasteiger partial charge in [0.15, 0.2) is 5.82 Å². The molecule has 0 spiro atoms. The van der Waals surface area contributed by atoms with Crippen molar-refractivity contribution in [1.82, 2.24) is 15.2 Å². The van der Waals surface area contributed by atoms with Crippen LogP contribution >= 0.6 is 0 Å². The van der Waals surface area contributed by atoms with Crippen LogP contribution in [0.2, 0.25) is 0 Å². The van der Waals surface area contributed by atoms with E-state index in [0.29, 0.717) is 11.8 Å². The zero-order chi connectivity index (χ0) is 19.5. The molecular weight excluding hydrogens is 364 g/mol. The fourth-order valence-electron chi connectivity index (χ4n) is 4.01. The molecule has 3 heterocycles. The fourth-order valence-corrected chi connectivity index (χ4v) is 4.01. The molecule has 148 valence electrons. The van der Waals surface area contributed by atoms with E-state index >= 15 is 0 Å². The number of hydrogen-bond acceptors (Lipinski definition) is 7. The summed E-state index contributed by atoms with van der Waals surface area (Å²) in [5.74, 6) is 1.32. The van der Waals surface area contributed by atoms with Gasteiger partial charge in [0.25, 0.3) is 5.95 Å². The van der Waals surface area contributed by atoms with Crippen molar-refractivity contribution < 1.29 is 4.74 Å². The van der Waals surface area contributed by atoms with Gasteiger partial charge in [-0.05, 0) is 36.6 Å². The van der Waals surface area contributed by atoms with Crippen molar-refractivity contribution in [1.29, 1.82) is 0 Å². The Balaban J connectivity index is 1.42. The Morgan fingerprint density at radius 2 is 1.69 bits per heavy atom. The molecule has 2 aromatic carbocycles. The summed E-state index contributed by atoms with van der Waals surface area (Å²) in [5, 5.41) is 12.0. The molecule has 0 radical (unpaired) electrons. The van der Waals surface area contributed by atoms with Crippen LogP contribution in [0.3, 0.4) is 0 Å². The van der Waals surface area contributed by atoms with E-state index < -0.39 is 0 Å². The van der Waals surface area contributed by atoms with Crippen molar-refractivity contribution in [3.8, 4) is 0 Å². The standard InChI is InChI=1S/C22H24N6O/c1-3-9-19-17(6-1)7-5-11-28(19)22-25-21(16-23-26-22)24-18-8-2-4-10-20(18)27-12-14-29-15-13-27/h1-4,6,8-10,16H,5,7,11-15H2,(H,24,25,26). The zero-order valence-electron chi connectivity index (χ0n) is 16.3. The highest BCUT2D eigenvalue weighted by Crippen LogP contribution is 2.32. The third kappa shape index (κ3) is 3.73. The molecule has 5 rings (SSSR count). The predicted octanol–water partition coefficient (Wildman–Crippen LogP) is 3.54. The van der Waals surface area contributed by atoms with Gasteiger partial charge in [0, 0.05) is 25.3 Å². The maximum atomic E-state index is 5.49. The number of rotatable bonds is 4. The lowest BCUT2D eigenvalue weighted by Crippen LogP contribution is -2.36. The third-order valence-electron chi connectivity index (χ3n) is 5.42. The Kier molecular flexibility index (Phi) is 4.96. The van der Waals surface area contributed by atoms with E-state index in [0.717, 1.165) is 57.1 Å². The molecule has 0 bridgehead atoms. The molecule has 0 atom stereocenters. The fraction of sp³-hybridized carbons (Fsp3) is 0.318. The maximum absolute atomic E-state index is 5.49. The first kappa shape index (κ1) is 17.9. The highest BCUT2D eigenvalue weighted by atomic mass is 16.5. The van der Waals surface area contributed by atoms with Crippen molar-refractivity contribution in [2.75, 3.05) is 48.0 Å². The summed E-state index contributed by atoms with van der Waals surface area (Å²) >= 11 is 0. The molecule has 0 unspecified atom stereocenters. The number of aryl methyl sites for hydroxylation is 1. The minimum absolute atomic E-state index is 0.631. The number of para-hydroxylation sites is 3. The van der Waals surface area contributed by atoms with Crippen LogP contribution in [-0.2, 0) is 11.2 Å². The summed E-state index contributed by atoms with van der Waals surface area (Å²) in [6, 6.07) is 16.7. The number of nitrogens with zero attached hydrogens (tertiary/aromatic N) is 5. The quantitative estimate of drug-likeness (QED) is 0.733. The molecule has 1 N–H and O–H groups in total. The minimum atomic E-state index is 0.631. The summed E-state index contributed by atoms with van der Waals surface area (Å²) in [6.07, 6.45) is 3.85. The first-order chi connectivity index (χ1) is 14.4. The second kappa shape index (κ2) is 8.05. The normalized spacial score (nSPS) is 16.4. The number of hydrogen-bond donors (Lipinski definition) is 1. The van der Waals surface area contributed by atoms with Crippen LogP contribution in [-0.4, -0.2) is 48.0 Å². The Labute approximate surface area is 170 Å². The van der Waals surface area contributed by atoms with Crippen molar-refractivity contribution in [3.05, 3.63) is 60.3 Å². The lowest BCUT2D eigenvalue weighted by Gasteiger charge is -2.31. The molecule has 7 nitrogen and oxygen atoms in total. The van der Waals surface area contributed by atoms with E-state index in [1.54, 1.807) is 6.20 Å². The van der Waals surface area contributed by atoms with Crippen LogP contribution in [0.15, 0.2) is 54.7 Å². The first-order valence-corrected chi connectivity index (χ1v) is 10.1. The topological polar surface area (TPSA) is 66.4 Å². The molecule has 1 aromatic heterocycles.